The van der Waals surface area contributed by atoms with Crippen molar-refractivity contribution in [3.8, 4) is 11.8 Å². The second-order valence-electron chi connectivity index (χ2n) is 5.78. The summed E-state index contributed by atoms with van der Waals surface area (Å²) in [5.41, 5.74) is 2.37. The molecular weight excluding hydrogens is 346 g/mol. The first kappa shape index (κ1) is 19.9. The zero-order valence-electron chi connectivity index (χ0n) is 14.9. The number of carbonyl (C=O) groups is 3. The molecule has 138 valence electrons. The summed E-state index contributed by atoms with van der Waals surface area (Å²) in [6.07, 6.45) is -0.319. The Morgan fingerprint density at radius 2 is 1.56 bits per heavy atom. The van der Waals surface area contributed by atoms with E-state index in [-0.39, 0.29) is 0 Å². The molecule has 0 fully saturated rings. The van der Waals surface area contributed by atoms with Crippen LogP contribution in [0.5, 0.6) is 0 Å². The van der Waals surface area contributed by atoms with Gasteiger partial charge in [0.25, 0.3) is 5.91 Å². The van der Waals surface area contributed by atoms with E-state index < -0.39 is 24.0 Å². The second-order valence-corrected chi connectivity index (χ2v) is 5.78. The van der Waals surface area contributed by atoms with Crippen LogP contribution in [0.2, 0.25) is 0 Å². The average Bonchev–Trinajstić information content (AvgIpc) is 2.70. The van der Waals surface area contributed by atoms with Crippen molar-refractivity contribution in [2.24, 2.45) is 0 Å². The van der Waals surface area contributed by atoms with Crippen LogP contribution in [0.3, 0.4) is 0 Å². The number of benzene rings is 2. The van der Waals surface area contributed by atoms with Gasteiger partial charge in [-0.2, -0.15) is 0 Å². The van der Waals surface area contributed by atoms with E-state index in [4.69, 9.17) is 0 Å². The van der Waals surface area contributed by atoms with Crippen molar-refractivity contribution in [2.75, 3.05) is 7.11 Å². The van der Waals surface area contributed by atoms with Crippen LogP contribution in [-0.2, 0) is 9.53 Å². The highest BCUT2D eigenvalue weighted by molar-refractivity contribution is 5.97. The van der Waals surface area contributed by atoms with Gasteiger partial charge in [0, 0.05) is 22.3 Å². The van der Waals surface area contributed by atoms with Gasteiger partial charge in [-0.15, -0.1) is 0 Å². The third kappa shape index (κ3) is 5.53. The van der Waals surface area contributed by atoms with Crippen LogP contribution in [0, 0.1) is 11.8 Å². The van der Waals surface area contributed by atoms with E-state index in [2.05, 4.69) is 21.9 Å². The highest BCUT2D eigenvalue weighted by Crippen LogP contribution is 2.06. The molecule has 6 heteroatoms. The molecule has 0 saturated carbocycles. The molecule has 0 aromatic heterocycles. The summed E-state index contributed by atoms with van der Waals surface area (Å²) in [6, 6.07) is 12.2. The van der Waals surface area contributed by atoms with Crippen LogP contribution in [-0.4, -0.2) is 42.5 Å². The smallest absolute Gasteiger partial charge is 0.331 e. The minimum atomic E-state index is -1.14. The molecule has 0 radical (unpaired) electrons. The third-order valence-electron chi connectivity index (χ3n) is 3.77. The normalized spacial score (nSPS) is 12.1. The highest BCUT2D eigenvalue weighted by atomic mass is 16.5. The summed E-state index contributed by atoms with van der Waals surface area (Å²) in [5, 5.41) is 12.1. The first-order valence-corrected chi connectivity index (χ1v) is 8.18. The summed E-state index contributed by atoms with van der Waals surface area (Å²) in [4.78, 5) is 34.5. The van der Waals surface area contributed by atoms with Crippen molar-refractivity contribution in [2.45, 2.75) is 19.1 Å². The lowest BCUT2D eigenvalue weighted by Gasteiger charge is -2.18. The number of methoxy groups -OCH3 is 1. The van der Waals surface area contributed by atoms with Gasteiger partial charge in [0.2, 0.25) is 0 Å². The van der Waals surface area contributed by atoms with Gasteiger partial charge in [0.05, 0.1) is 13.2 Å². The lowest BCUT2D eigenvalue weighted by Crippen LogP contribution is -2.48. The molecule has 0 saturated heterocycles. The maximum atomic E-state index is 12.2. The lowest BCUT2D eigenvalue weighted by molar-refractivity contribution is -0.145. The van der Waals surface area contributed by atoms with E-state index in [0.717, 1.165) is 11.8 Å². The van der Waals surface area contributed by atoms with Crippen LogP contribution >= 0.6 is 0 Å². The Morgan fingerprint density at radius 1 is 1.04 bits per heavy atom. The minimum Gasteiger partial charge on any atom is -0.467 e. The topological polar surface area (TPSA) is 92.7 Å². The van der Waals surface area contributed by atoms with Gasteiger partial charge < -0.3 is 15.2 Å². The minimum absolute atomic E-state index is 0.324. The van der Waals surface area contributed by atoms with Crippen LogP contribution in [0.15, 0.2) is 48.5 Å². The number of carbonyl (C=O) groups excluding carboxylic acids is 3. The third-order valence-corrected chi connectivity index (χ3v) is 3.77. The van der Waals surface area contributed by atoms with Crippen molar-refractivity contribution in [3.63, 3.8) is 0 Å². The first-order valence-electron chi connectivity index (χ1n) is 8.18. The molecule has 0 heterocycles. The molecule has 27 heavy (non-hydrogen) atoms. The zero-order valence-corrected chi connectivity index (χ0v) is 14.9. The Balaban J connectivity index is 2.08. The number of aldehydes is 1. The number of aliphatic hydroxyl groups excluding tert-OH is 1. The SMILES string of the molecule is COC(=O)[C@@H](NC(=O)c1ccc(C#Cc2ccc(C=O)cc2)cc1)[C@@H](C)O. The van der Waals surface area contributed by atoms with Gasteiger partial charge in [-0.1, -0.05) is 24.0 Å². The van der Waals surface area contributed by atoms with Gasteiger partial charge >= 0.3 is 5.97 Å². The van der Waals surface area contributed by atoms with Crippen molar-refractivity contribution in [1.82, 2.24) is 5.32 Å². The number of rotatable bonds is 5. The zero-order chi connectivity index (χ0) is 19.8. The van der Waals surface area contributed by atoms with E-state index in [1.165, 1.54) is 14.0 Å². The monoisotopic (exact) mass is 365 g/mol. The predicted octanol–water partition coefficient (Wildman–Crippen LogP) is 1.55. The molecule has 0 aliphatic rings. The summed E-state index contributed by atoms with van der Waals surface area (Å²) in [6.45, 7) is 1.39. The number of nitrogens with one attached hydrogen (secondary N) is 1. The fourth-order valence-corrected chi connectivity index (χ4v) is 2.22. The van der Waals surface area contributed by atoms with E-state index in [1.807, 2.05) is 0 Å². The van der Waals surface area contributed by atoms with Crippen LogP contribution < -0.4 is 5.32 Å². The number of hydrogen-bond donors (Lipinski definition) is 2. The number of amides is 1. The Kier molecular flexibility index (Phi) is 6.86. The largest absolute Gasteiger partial charge is 0.467 e. The predicted molar refractivity (Wildman–Crippen MR) is 99.2 cm³/mol. The Morgan fingerprint density at radius 3 is 2.00 bits per heavy atom. The fraction of sp³-hybridized carbons (Fsp3) is 0.190. The Hall–Kier alpha value is -3.43. The maximum Gasteiger partial charge on any atom is 0.331 e. The molecule has 2 atom stereocenters. The molecule has 1 amide bonds. The molecule has 0 aliphatic carbocycles. The van der Waals surface area contributed by atoms with Gasteiger partial charge in [-0.05, 0) is 43.3 Å². The number of hydrogen-bond acceptors (Lipinski definition) is 5. The molecule has 2 aromatic carbocycles. The molecule has 2 aromatic rings. The summed E-state index contributed by atoms with van der Waals surface area (Å²) in [5.74, 6) is 4.71. The summed E-state index contributed by atoms with van der Waals surface area (Å²) in [7, 11) is 1.18. The van der Waals surface area contributed by atoms with Crippen molar-refractivity contribution in [3.05, 3.63) is 70.8 Å². The standard InChI is InChI=1S/C21H19NO5/c1-14(24)19(21(26)27-2)22-20(25)18-11-9-16(10-12-18)4-3-15-5-7-17(13-23)8-6-15/h5-14,19,24H,1-2H3,(H,22,25)/t14-,19+/m1/s1. The van der Waals surface area contributed by atoms with Crippen LogP contribution in [0.1, 0.15) is 38.8 Å². The molecule has 2 N–H and O–H groups in total. The van der Waals surface area contributed by atoms with E-state index in [9.17, 15) is 19.5 Å². The van der Waals surface area contributed by atoms with Gasteiger partial charge in [0.15, 0.2) is 6.04 Å². The molecule has 0 spiro atoms. The van der Waals surface area contributed by atoms with Gasteiger partial charge in [-0.25, -0.2) is 4.79 Å². The first-order chi connectivity index (χ1) is 12.9. The fourth-order valence-electron chi connectivity index (χ4n) is 2.22. The Labute approximate surface area is 157 Å². The molecule has 6 nitrogen and oxygen atoms in total. The van der Waals surface area contributed by atoms with Gasteiger partial charge in [0.1, 0.15) is 6.29 Å². The number of ether oxygens (including phenoxy) is 1. The summed E-state index contributed by atoms with van der Waals surface area (Å²) < 4.78 is 4.57. The average molecular weight is 365 g/mol. The van der Waals surface area contributed by atoms with Crippen LogP contribution in [0.4, 0.5) is 0 Å². The van der Waals surface area contributed by atoms with E-state index in [1.54, 1.807) is 48.5 Å². The van der Waals surface area contributed by atoms with E-state index >= 15 is 0 Å². The second kappa shape index (κ2) is 9.32. The molecule has 0 bridgehead atoms. The highest BCUT2D eigenvalue weighted by Gasteiger charge is 2.26. The number of esters is 1. The van der Waals surface area contributed by atoms with Crippen molar-refractivity contribution < 1.29 is 24.2 Å². The quantitative estimate of drug-likeness (QED) is 0.476. The number of aliphatic hydroxyl groups is 1. The summed E-state index contributed by atoms with van der Waals surface area (Å²) >= 11 is 0. The molecule has 0 unspecified atom stereocenters. The molecule has 0 aliphatic heterocycles. The van der Waals surface area contributed by atoms with Gasteiger partial charge in [-0.3, -0.25) is 9.59 Å². The molecule has 2 rings (SSSR count). The molecular formula is C21H19NO5. The van der Waals surface area contributed by atoms with Crippen molar-refractivity contribution >= 4 is 18.2 Å². The lowest BCUT2D eigenvalue weighted by atomic mass is 10.1. The van der Waals surface area contributed by atoms with Crippen LogP contribution in [0.25, 0.3) is 0 Å². The van der Waals surface area contributed by atoms with Crippen molar-refractivity contribution in [1.29, 1.82) is 0 Å². The Bertz CT molecular complexity index is 874. The van der Waals surface area contributed by atoms with E-state index in [0.29, 0.717) is 16.7 Å². The maximum absolute atomic E-state index is 12.2.